The number of hydrogen-bond acceptors (Lipinski definition) is 2. The van der Waals surface area contributed by atoms with E-state index < -0.39 is 0 Å². The molecule has 0 unspecified atom stereocenters. The lowest BCUT2D eigenvalue weighted by Gasteiger charge is -1.94. The molecule has 0 saturated heterocycles. The molecule has 0 rings (SSSR count). The third-order valence-electron chi connectivity index (χ3n) is 0.927. The van der Waals surface area contributed by atoms with Gasteiger partial charge in [-0.1, -0.05) is 13.2 Å². The van der Waals surface area contributed by atoms with Gasteiger partial charge in [0.1, 0.15) is 5.76 Å². The first-order valence-electron chi connectivity index (χ1n) is 2.77. The van der Waals surface area contributed by atoms with Gasteiger partial charge in [-0.05, 0) is 18.9 Å². The van der Waals surface area contributed by atoms with Crippen LogP contribution in [0.1, 0.15) is 0 Å². The number of allylic oxidation sites excluding steroid dienone is 2. The summed E-state index contributed by atoms with van der Waals surface area (Å²) in [6.45, 7) is 10.4. The van der Waals surface area contributed by atoms with Crippen LogP contribution < -0.4 is 0 Å². The molecule has 0 aliphatic carbocycles. The largest absolute Gasteiger partial charge is 0.497 e. The summed E-state index contributed by atoms with van der Waals surface area (Å²) in [4.78, 5) is 3.57. The summed E-state index contributed by atoms with van der Waals surface area (Å²) in [5, 5.41) is 0. The smallest absolute Gasteiger partial charge is 0.111 e. The third kappa shape index (κ3) is 3.66. The van der Waals surface area contributed by atoms with Gasteiger partial charge in [-0.3, -0.25) is 4.99 Å². The van der Waals surface area contributed by atoms with E-state index >= 15 is 0 Å². The highest BCUT2D eigenvalue weighted by Crippen LogP contribution is 1.98. The summed E-state index contributed by atoms with van der Waals surface area (Å²) < 4.78 is 4.76. The van der Waals surface area contributed by atoms with E-state index in [1.54, 1.807) is 19.3 Å². The first-order chi connectivity index (χ1) is 4.70. The van der Waals surface area contributed by atoms with Crippen molar-refractivity contribution in [1.82, 2.24) is 0 Å². The predicted molar refractivity (Wildman–Crippen MR) is 44.0 cm³/mol. The second-order valence-electron chi connectivity index (χ2n) is 1.65. The first kappa shape index (κ1) is 8.69. The summed E-state index contributed by atoms with van der Waals surface area (Å²) >= 11 is 0. The zero-order valence-electron chi connectivity index (χ0n) is 6.13. The molecule has 0 saturated carbocycles. The lowest BCUT2D eigenvalue weighted by atomic mass is 10.4. The molecule has 0 spiro atoms. The van der Waals surface area contributed by atoms with E-state index in [0.29, 0.717) is 11.5 Å². The quantitative estimate of drug-likeness (QED) is 0.329. The van der Waals surface area contributed by atoms with Gasteiger partial charge in [-0.15, -0.1) is 0 Å². The van der Waals surface area contributed by atoms with E-state index in [1.807, 2.05) is 0 Å². The molecule has 2 heteroatoms. The van der Waals surface area contributed by atoms with Gasteiger partial charge in [-0.2, -0.15) is 0 Å². The van der Waals surface area contributed by atoms with Gasteiger partial charge in [0.25, 0.3) is 0 Å². The maximum atomic E-state index is 4.76. The molecule has 0 radical (unpaired) electrons. The fraction of sp³-hybridized carbons (Fsp3) is 0.125. The Hall–Kier alpha value is -1.31. The van der Waals surface area contributed by atoms with E-state index in [4.69, 9.17) is 4.74 Å². The van der Waals surface area contributed by atoms with Crippen LogP contribution in [-0.2, 0) is 4.74 Å². The van der Waals surface area contributed by atoms with Crippen LogP contribution in [0.4, 0.5) is 0 Å². The summed E-state index contributed by atoms with van der Waals surface area (Å²) in [5.41, 5.74) is 0.596. The van der Waals surface area contributed by atoms with E-state index in [-0.39, 0.29) is 0 Å². The average Bonchev–Trinajstić information content (AvgIpc) is 1.99. The monoisotopic (exact) mass is 137 g/mol. The van der Waals surface area contributed by atoms with E-state index in [9.17, 15) is 0 Å². The van der Waals surface area contributed by atoms with Crippen LogP contribution in [0.2, 0.25) is 0 Å². The lowest BCUT2D eigenvalue weighted by molar-refractivity contribution is 0.309. The van der Waals surface area contributed by atoms with Crippen LogP contribution in [0, 0.1) is 0 Å². The number of ether oxygens (including phenoxy) is 1. The van der Waals surface area contributed by atoms with Crippen LogP contribution >= 0.6 is 0 Å². The summed E-state index contributed by atoms with van der Waals surface area (Å²) in [6, 6.07) is 0. The second kappa shape index (κ2) is 4.56. The maximum absolute atomic E-state index is 4.76. The fourth-order valence-corrected chi connectivity index (χ4v) is 0.310. The second-order valence-corrected chi connectivity index (χ2v) is 1.65. The van der Waals surface area contributed by atoms with Gasteiger partial charge in [0.05, 0.1) is 12.8 Å². The normalized spacial score (nSPS) is 9.30. The minimum atomic E-state index is 0.574. The predicted octanol–water partition coefficient (Wildman–Crippen LogP) is 1.92. The fourth-order valence-electron chi connectivity index (χ4n) is 0.310. The number of aliphatic imine (C=N–C) groups is 1. The molecule has 0 aliphatic rings. The Morgan fingerprint density at radius 2 is 2.00 bits per heavy atom. The molecule has 0 aromatic rings. The molecule has 0 aromatic heterocycles. The highest BCUT2D eigenvalue weighted by molar-refractivity contribution is 5.32. The zero-order valence-corrected chi connectivity index (χ0v) is 6.13. The first-order valence-corrected chi connectivity index (χ1v) is 2.77. The molecule has 2 nitrogen and oxygen atoms in total. The number of nitrogens with zero attached hydrogens (tertiary/aromatic N) is 1. The van der Waals surface area contributed by atoms with Gasteiger partial charge in [-0.25, -0.2) is 0 Å². The average molecular weight is 137 g/mol. The van der Waals surface area contributed by atoms with Crippen molar-refractivity contribution in [2.75, 3.05) is 7.11 Å². The van der Waals surface area contributed by atoms with Crippen molar-refractivity contribution < 1.29 is 4.74 Å². The third-order valence-corrected chi connectivity index (χ3v) is 0.927. The van der Waals surface area contributed by atoms with E-state index in [2.05, 4.69) is 24.9 Å². The van der Waals surface area contributed by atoms with Crippen molar-refractivity contribution >= 4 is 6.72 Å². The Balaban J connectivity index is 3.87. The number of hydrogen-bond donors (Lipinski definition) is 0. The highest BCUT2D eigenvalue weighted by atomic mass is 16.5. The molecule has 0 amide bonds. The van der Waals surface area contributed by atoms with Gasteiger partial charge in [0.2, 0.25) is 0 Å². The van der Waals surface area contributed by atoms with Gasteiger partial charge < -0.3 is 4.74 Å². The zero-order chi connectivity index (χ0) is 7.98. The van der Waals surface area contributed by atoms with E-state index in [1.165, 1.54) is 0 Å². The van der Waals surface area contributed by atoms with Crippen LogP contribution in [-0.4, -0.2) is 13.8 Å². The molecule has 0 N–H and O–H groups in total. The van der Waals surface area contributed by atoms with Gasteiger partial charge in [0, 0.05) is 0 Å². The maximum Gasteiger partial charge on any atom is 0.111 e. The van der Waals surface area contributed by atoms with Gasteiger partial charge >= 0.3 is 0 Å². The minimum absolute atomic E-state index is 0.574. The molecular formula is C8H11NO. The number of rotatable bonds is 4. The molecule has 0 atom stereocenters. The molecule has 0 aliphatic heterocycles. The molecule has 10 heavy (non-hydrogen) atoms. The van der Waals surface area contributed by atoms with Crippen LogP contribution in [0.15, 0.2) is 41.8 Å². The Morgan fingerprint density at radius 3 is 2.40 bits per heavy atom. The van der Waals surface area contributed by atoms with Gasteiger partial charge in [0.15, 0.2) is 0 Å². The van der Waals surface area contributed by atoms with Crippen molar-refractivity contribution in [3.05, 3.63) is 36.8 Å². The summed E-state index contributed by atoms with van der Waals surface area (Å²) in [6.07, 6.45) is 3.36. The van der Waals surface area contributed by atoms with Crippen molar-refractivity contribution in [3.63, 3.8) is 0 Å². The minimum Gasteiger partial charge on any atom is -0.497 e. The van der Waals surface area contributed by atoms with Crippen molar-refractivity contribution in [3.8, 4) is 0 Å². The van der Waals surface area contributed by atoms with Crippen molar-refractivity contribution in [2.24, 2.45) is 4.99 Å². The SMILES string of the molecule is C=NC(=C)/C=C\C(=C)OC. The van der Waals surface area contributed by atoms with Crippen molar-refractivity contribution in [1.29, 1.82) is 0 Å². The molecule has 54 valence electrons. The lowest BCUT2D eigenvalue weighted by Crippen LogP contribution is -1.76. The Kier molecular flexibility index (Phi) is 3.96. The summed E-state index contributed by atoms with van der Waals surface area (Å²) in [5.74, 6) is 0.574. The topological polar surface area (TPSA) is 21.6 Å². The van der Waals surface area contributed by atoms with Crippen molar-refractivity contribution in [2.45, 2.75) is 0 Å². The molecule has 0 heterocycles. The standard InChI is InChI=1S/C8H11NO/c1-7(9-3)5-6-8(2)10-4/h5-6H,1-3H2,4H3/b6-5-. The molecule has 0 aromatic carbocycles. The molecular weight excluding hydrogens is 126 g/mol. The molecule has 0 fully saturated rings. The Morgan fingerprint density at radius 1 is 1.40 bits per heavy atom. The summed E-state index contributed by atoms with van der Waals surface area (Å²) in [7, 11) is 1.55. The van der Waals surface area contributed by atoms with Crippen LogP contribution in [0.3, 0.4) is 0 Å². The Labute approximate surface area is 61.2 Å². The highest BCUT2D eigenvalue weighted by Gasteiger charge is 1.81. The van der Waals surface area contributed by atoms with Crippen LogP contribution in [0.5, 0.6) is 0 Å². The Bertz CT molecular complexity index is 180. The van der Waals surface area contributed by atoms with E-state index in [0.717, 1.165) is 0 Å². The number of methoxy groups -OCH3 is 1. The van der Waals surface area contributed by atoms with Crippen LogP contribution in [0.25, 0.3) is 0 Å². The molecule has 0 bridgehead atoms.